The predicted octanol–water partition coefficient (Wildman–Crippen LogP) is 5.44. The summed E-state index contributed by atoms with van der Waals surface area (Å²) < 4.78 is 3.53. The van der Waals surface area contributed by atoms with Crippen molar-refractivity contribution in [1.82, 2.24) is 18.9 Å². The molecular weight excluding hydrogens is 448 g/mol. The molecule has 3 aliphatic rings. The molecule has 0 N–H and O–H groups in total. The third-order valence-electron chi connectivity index (χ3n) is 9.19. The molecule has 1 unspecified atom stereocenters. The topological polar surface area (TPSA) is 59.6 Å². The SMILES string of the molecule is O=c1c2nc3ccccc3c(=O)n2c2ccccc2n1[C@H]1CC2CC[C@@H](C1)N2C1CCCCCCC1. The van der Waals surface area contributed by atoms with Gasteiger partial charge in [-0.25, -0.2) is 4.98 Å². The number of fused-ring (bicyclic) bond motifs is 6. The van der Waals surface area contributed by atoms with Crippen LogP contribution in [0.2, 0.25) is 0 Å². The van der Waals surface area contributed by atoms with Crippen molar-refractivity contribution in [2.24, 2.45) is 0 Å². The van der Waals surface area contributed by atoms with Gasteiger partial charge in [0.2, 0.25) is 5.65 Å². The number of benzene rings is 2. The molecule has 36 heavy (non-hydrogen) atoms. The number of hydrogen-bond acceptors (Lipinski definition) is 4. The molecule has 0 amide bonds. The van der Waals surface area contributed by atoms with E-state index in [1.165, 1.54) is 62.2 Å². The van der Waals surface area contributed by atoms with Gasteiger partial charge in [0.05, 0.1) is 21.9 Å². The fourth-order valence-corrected chi connectivity index (χ4v) is 7.66. The van der Waals surface area contributed by atoms with Crippen LogP contribution in [-0.4, -0.2) is 37.0 Å². The predicted molar refractivity (Wildman–Crippen MR) is 144 cm³/mol. The Balaban J connectivity index is 1.34. The average Bonchev–Trinajstić information content (AvgIpc) is 3.13. The highest BCUT2D eigenvalue weighted by Gasteiger charge is 2.44. The summed E-state index contributed by atoms with van der Waals surface area (Å²) in [6.45, 7) is 0. The number of aromatic nitrogens is 3. The van der Waals surface area contributed by atoms with Crippen LogP contribution >= 0.6 is 0 Å². The molecular formula is C30H34N4O2. The second-order valence-corrected chi connectivity index (χ2v) is 11.2. The van der Waals surface area contributed by atoms with Crippen molar-refractivity contribution in [3.63, 3.8) is 0 Å². The van der Waals surface area contributed by atoms with Crippen molar-refractivity contribution in [1.29, 1.82) is 0 Å². The van der Waals surface area contributed by atoms with E-state index >= 15 is 0 Å². The van der Waals surface area contributed by atoms with Crippen LogP contribution in [0.3, 0.4) is 0 Å². The van der Waals surface area contributed by atoms with Crippen molar-refractivity contribution in [2.45, 2.75) is 94.8 Å². The van der Waals surface area contributed by atoms with Crippen LogP contribution in [-0.2, 0) is 0 Å². The Labute approximate surface area is 210 Å². The minimum Gasteiger partial charge on any atom is -0.300 e. The molecule has 6 heteroatoms. The van der Waals surface area contributed by atoms with Crippen LogP contribution < -0.4 is 11.1 Å². The highest BCUT2D eigenvalue weighted by atomic mass is 16.1. The molecule has 4 aromatic rings. The van der Waals surface area contributed by atoms with Crippen molar-refractivity contribution in [2.75, 3.05) is 0 Å². The standard InChI is InChI=1S/C30H34N4O2/c35-29-24-12-6-7-13-25(24)31-28-30(36)33(26-14-8-9-15-27(26)34(28)29)23-18-21-16-17-22(19-23)32(21)20-10-4-2-1-3-5-11-20/h6-9,12-15,20-23H,1-5,10-11,16-19H2/t21-,22?,23+/m0/s1. The number of rotatable bonds is 2. The van der Waals surface area contributed by atoms with Gasteiger partial charge in [0.1, 0.15) is 0 Å². The highest BCUT2D eigenvalue weighted by Crippen LogP contribution is 2.44. The average molecular weight is 483 g/mol. The van der Waals surface area contributed by atoms with Gasteiger partial charge >= 0.3 is 0 Å². The Morgan fingerprint density at radius 1 is 0.639 bits per heavy atom. The van der Waals surface area contributed by atoms with Crippen molar-refractivity contribution in [3.05, 3.63) is 69.2 Å². The normalized spacial score (nSPS) is 25.9. The summed E-state index contributed by atoms with van der Waals surface area (Å²) in [5, 5.41) is 0.544. The van der Waals surface area contributed by atoms with Crippen LogP contribution in [0.5, 0.6) is 0 Å². The first-order chi connectivity index (χ1) is 17.7. The molecule has 186 valence electrons. The zero-order valence-electron chi connectivity index (χ0n) is 20.8. The van der Waals surface area contributed by atoms with E-state index in [2.05, 4.69) is 4.90 Å². The molecule has 2 aliphatic heterocycles. The third-order valence-corrected chi connectivity index (χ3v) is 9.19. The first-order valence-corrected chi connectivity index (χ1v) is 13.9. The van der Waals surface area contributed by atoms with Crippen LogP contribution in [0.25, 0.3) is 27.6 Å². The van der Waals surface area contributed by atoms with Crippen molar-refractivity contribution in [3.8, 4) is 0 Å². The van der Waals surface area contributed by atoms with Gasteiger partial charge in [-0.1, -0.05) is 56.4 Å². The Hall–Kier alpha value is -2.99. The van der Waals surface area contributed by atoms with Gasteiger partial charge < -0.3 is 4.57 Å². The fourth-order valence-electron chi connectivity index (χ4n) is 7.66. The van der Waals surface area contributed by atoms with Crippen molar-refractivity contribution >= 4 is 27.6 Å². The molecule has 1 saturated carbocycles. The van der Waals surface area contributed by atoms with Crippen LogP contribution in [0.1, 0.15) is 76.7 Å². The van der Waals surface area contributed by atoms with Gasteiger partial charge in [-0.15, -0.1) is 0 Å². The lowest BCUT2D eigenvalue weighted by Gasteiger charge is -2.45. The minimum atomic E-state index is -0.171. The monoisotopic (exact) mass is 482 g/mol. The van der Waals surface area contributed by atoms with Crippen LogP contribution in [0.15, 0.2) is 58.1 Å². The van der Waals surface area contributed by atoms with Crippen LogP contribution in [0.4, 0.5) is 0 Å². The van der Waals surface area contributed by atoms with E-state index in [4.69, 9.17) is 4.98 Å². The summed E-state index contributed by atoms with van der Waals surface area (Å²) in [6.07, 6.45) is 14.0. The van der Waals surface area contributed by atoms with Gasteiger partial charge in [-0.2, -0.15) is 0 Å². The van der Waals surface area contributed by atoms with Crippen molar-refractivity contribution < 1.29 is 0 Å². The van der Waals surface area contributed by atoms with Gasteiger partial charge in [-0.05, 0) is 62.8 Å². The molecule has 6 nitrogen and oxygen atoms in total. The first-order valence-electron chi connectivity index (χ1n) is 13.9. The third kappa shape index (κ3) is 3.45. The fraction of sp³-hybridized carbons (Fsp3) is 0.500. The second kappa shape index (κ2) is 8.84. The van der Waals surface area contributed by atoms with Gasteiger partial charge in [0.15, 0.2) is 0 Å². The molecule has 1 aliphatic carbocycles. The number of hydrogen-bond donors (Lipinski definition) is 0. The molecule has 0 radical (unpaired) electrons. The van der Waals surface area contributed by atoms with E-state index < -0.39 is 0 Å². The molecule has 2 bridgehead atoms. The van der Waals surface area contributed by atoms with E-state index in [-0.39, 0.29) is 22.8 Å². The number of para-hydroxylation sites is 3. The lowest BCUT2D eigenvalue weighted by molar-refractivity contribution is 0.0498. The lowest BCUT2D eigenvalue weighted by atomic mass is 9.89. The molecule has 3 fully saturated rings. The molecule has 2 aromatic carbocycles. The first kappa shape index (κ1) is 22.2. The Morgan fingerprint density at radius 3 is 2.03 bits per heavy atom. The zero-order chi connectivity index (χ0) is 24.2. The largest absolute Gasteiger partial charge is 0.300 e. The van der Waals surface area contributed by atoms with E-state index in [0.717, 1.165) is 23.9 Å². The summed E-state index contributed by atoms with van der Waals surface area (Å²) in [5.74, 6) is 0. The maximum absolute atomic E-state index is 14.1. The van der Waals surface area contributed by atoms with E-state index in [1.54, 1.807) is 6.07 Å². The minimum absolute atomic E-state index is 0.137. The Morgan fingerprint density at radius 2 is 1.28 bits per heavy atom. The highest BCUT2D eigenvalue weighted by molar-refractivity contribution is 5.84. The van der Waals surface area contributed by atoms with E-state index in [0.29, 0.717) is 29.0 Å². The molecule has 7 rings (SSSR count). The summed E-state index contributed by atoms with van der Waals surface area (Å²) in [6, 6.07) is 17.1. The molecule has 4 heterocycles. The summed E-state index contributed by atoms with van der Waals surface area (Å²) in [5.41, 5.74) is 2.13. The summed E-state index contributed by atoms with van der Waals surface area (Å²) >= 11 is 0. The summed E-state index contributed by atoms with van der Waals surface area (Å²) in [4.78, 5) is 35.2. The number of nitrogens with zero attached hydrogens (tertiary/aromatic N) is 4. The lowest BCUT2D eigenvalue weighted by Crippen LogP contribution is -2.50. The zero-order valence-corrected chi connectivity index (χ0v) is 20.8. The summed E-state index contributed by atoms with van der Waals surface area (Å²) in [7, 11) is 0. The Bertz CT molecular complexity index is 1550. The van der Waals surface area contributed by atoms with Gasteiger partial charge in [0.25, 0.3) is 11.1 Å². The molecule has 3 atom stereocenters. The van der Waals surface area contributed by atoms with Gasteiger partial charge in [0, 0.05) is 24.2 Å². The quantitative estimate of drug-likeness (QED) is 0.282. The Kier molecular flexibility index (Phi) is 5.46. The molecule has 0 spiro atoms. The molecule has 2 aromatic heterocycles. The second-order valence-electron chi connectivity index (χ2n) is 11.2. The maximum atomic E-state index is 14.1. The van der Waals surface area contributed by atoms with E-state index in [1.807, 2.05) is 47.0 Å². The smallest absolute Gasteiger partial charge is 0.295 e. The van der Waals surface area contributed by atoms with Crippen LogP contribution in [0, 0.1) is 0 Å². The number of piperidine rings is 1. The van der Waals surface area contributed by atoms with E-state index in [9.17, 15) is 9.59 Å². The maximum Gasteiger partial charge on any atom is 0.295 e. The molecule has 2 saturated heterocycles. The van der Waals surface area contributed by atoms with Gasteiger partial charge in [-0.3, -0.25) is 18.9 Å².